The second-order valence-electron chi connectivity index (χ2n) is 3.90. The van der Waals surface area contributed by atoms with Crippen molar-refractivity contribution >= 4 is 33.4 Å². The van der Waals surface area contributed by atoms with E-state index in [-0.39, 0.29) is 5.95 Å². The van der Waals surface area contributed by atoms with Crippen LogP contribution in [0.25, 0.3) is 0 Å². The number of aryl methyl sites for hydroxylation is 2. The quantitative estimate of drug-likeness (QED) is 0.892. The van der Waals surface area contributed by atoms with Gasteiger partial charge >= 0.3 is 0 Å². The lowest BCUT2D eigenvalue weighted by molar-refractivity contribution is 1.12. The van der Waals surface area contributed by atoms with Crippen LogP contribution in [0.1, 0.15) is 11.3 Å². The summed E-state index contributed by atoms with van der Waals surface area (Å²) in [6.45, 7) is 3.92. The summed E-state index contributed by atoms with van der Waals surface area (Å²) in [6.07, 6.45) is 0. The first-order valence-corrected chi connectivity index (χ1v) is 5.97. The van der Waals surface area contributed by atoms with Gasteiger partial charge < -0.3 is 11.1 Å². The van der Waals surface area contributed by atoms with E-state index in [1.54, 1.807) is 0 Å². The fraction of sp³-hybridized carbons (Fsp3) is 0.167. The molecule has 0 amide bonds. The zero-order chi connectivity index (χ0) is 12.4. The number of nitrogen functional groups attached to an aromatic ring is 1. The van der Waals surface area contributed by atoms with Crippen molar-refractivity contribution < 1.29 is 0 Å². The molecule has 0 aliphatic rings. The summed E-state index contributed by atoms with van der Waals surface area (Å²) in [5.41, 5.74) is 8.58. The Bertz CT molecular complexity index is 464. The van der Waals surface area contributed by atoms with Crippen molar-refractivity contribution in [1.29, 1.82) is 0 Å². The van der Waals surface area contributed by atoms with Crippen LogP contribution in [0.4, 0.5) is 17.5 Å². The Morgan fingerprint density at radius 3 is 2.53 bits per heavy atom. The molecule has 0 aliphatic heterocycles. The molecule has 4 nitrogen and oxygen atoms in total. The Kier molecular flexibility index (Phi) is 3.28. The van der Waals surface area contributed by atoms with E-state index in [1.165, 1.54) is 5.56 Å². The number of anilines is 3. The Morgan fingerprint density at radius 1 is 1.12 bits per heavy atom. The zero-order valence-corrected chi connectivity index (χ0v) is 11.2. The predicted molar refractivity (Wildman–Crippen MR) is 73.3 cm³/mol. The molecule has 0 atom stereocenters. The number of nitrogens with zero attached hydrogens (tertiary/aromatic N) is 2. The fourth-order valence-corrected chi connectivity index (χ4v) is 2.22. The minimum atomic E-state index is 0.277. The molecule has 0 unspecified atom stereocenters. The van der Waals surface area contributed by atoms with E-state index in [0.29, 0.717) is 5.82 Å². The first-order chi connectivity index (χ1) is 8.02. The predicted octanol–water partition coefficient (Wildman–Crippen LogP) is 3.18. The van der Waals surface area contributed by atoms with E-state index >= 15 is 0 Å². The van der Waals surface area contributed by atoms with Crippen LogP contribution in [-0.4, -0.2) is 9.97 Å². The lowest BCUT2D eigenvalue weighted by atomic mass is 10.2. The van der Waals surface area contributed by atoms with Crippen molar-refractivity contribution in [2.75, 3.05) is 11.1 Å². The molecule has 0 spiro atoms. The number of aromatic nitrogens is 2. The number of rotatable bonds is 2. The Labute approximate surface area is 108 Å². The first kappa shape index (κ1) is 11.9. The maximum absolute atomic E-state index is 5.60. The standard InChI is InChI=1S/C12H13BrN4/c1-7-3-9(13)6-10(4-7)16-11-5-8(2)15-12(14)17-11/h3-6H,1-2H3,(H3,14,15,16,17). The highest BCUT2D eigenvalue weighted by Gasteiger charge is 2.01. The molecule has 0 saturated carbocycles. The molecular formula is C12H13BrN4. The summed E-state index contributed by atoms with van der Waals surface area (Å²) < 4.78 is 1.03. The average molecular weight is 293 g/mol. The Balaban J connectivity index is 2.31. The summed E-state index contributed by atoms with van der Waals surface area (Å²) in [5.74, 6) is 0.978. The van der Waals surface area contributed by atoms with Crippen LogP contribution < -0.4 is 11.1 Å². The average Bonchev–Trinajstić information content (AvgIpc) is 2.13. The highest BCUT2D eigenvalue weighted by atomic mass is 79.9. The van der Waals surface area contributed by atoms with Crippen molar-refractivity contribution in [3.63, 3.8) is 0 Å². The largest absolute Gasteiger partial charge is 0.368 e. The SMILES string of the molecule is Cc1cc(Br)cc(Nc2cc(C)nc(N)n2)c1. The smallest absolute Gasteiger partial charge is 0.222 e. The van der Waals surface area contributed by atoms with Gasteiger partial charge in [-0.2, -0.15) is 4.98 Å². The van der Waals surface area contributed by atoms with E-state index in [9.17, 15) is 0 Å². The van der Waals surface area contributed by atoms with Crippen molar-refractivity contribution in [2.45, 2.75) is 13.8 Å². The number of halogens is 1. The molecule has 2 aromatic rings. The van der Waals surface area contributed by atoms with Gasteiger partial charge in [-0.15, -0.1) is 0 Å². The van der Waals surface area contributed by atoms with Gasteiger partial charge in [0.25, 0.3) is 0 Å². The van der Waals surface area contributed by atoms with Crippen molar-refractivity contribution in [3.05, 3.63) is 40.0 Å². The molecule has 0 radical (unpaired) electrons. The van der Waals surface area contributed by atoms with Gasteiger partial charge in [0, 0.05) is 21.9 Å². The summed E-state index contributed by atoms with van der Waals surface area (Å²) >= 11 is 3.46. The zero-order valence-electron chi connectivity index (χ0n) is 9.66. The molecule has 0 aliphatic carbocycles. The van der Waals surface area contributed by atoms with Crippen molar-refractivity contribution in [2.24, 2.45) is 0 Å². The molecule has 1 aromatic carbocycles. The summed E-state index contributed by atoms with van der Waals surface area (Å²) in [7, 11) is 0. The topological polar surface area (TPSA) is 63.8 Å². The van der Waals surface area contributed by atoms with Gasteiger partial charge in [-0.3, -0.25) is 0 Å². The second-order valence-corrected chi connectivity index (χ2v) is 4.81. The van der Waals surface area contributed by atoms with Crippen LogP contribution in [0.2, 0.25) is 0 Å². The van der Waals surface area contributed by atoms with Crippen LogP contribution in [0.5, 0.6) is 0 Å². The lowest BCUT2D eigenvalue weighted by Crippen LogP contribution is -2.01. The maximum Gasteiger partial charge on any atom is 0.222 e. The summed E-state index contributed by atoms with van der Waals surface area (Å²) in [5, 5.41) is 3.21. The third kappa shape index (κ3) is 3.17. The molecule has 3 N–H and O–H groups in total. The maximum atomic E-state index is 5.60. The van der Waals surface area contributed by atoms with Gasteiger partial charge in [-0.25, -0.2) is 4.98 Å². The third-order valence-electron chi connectivity index (χ3n) is 2.19. The number of benzene rings is 1. The third-order valence-corrected chi connectivity index (χ3v) is 2.64. The van der Waals surface area contributed by atoms with Gasteiger partial charge in [0.05, 0.1) is 0 Å². The Morgan fingerprint density at radius 2 is 1.88 bits per heavy atom. The fourth-order valence-electron chi connectivity index (χ4n) is 1.61. The second kappa shape index (κ2) is 4.71. The summed E-state index contributed by atoms with van der Waals surface area (Å²) in [6, 6.07) is 7.93. The lowest BCUT2D eigenvalue weighted by Gasteiger charge is -2.08. The molecule has 1 heterocycles. The molecule has 0 bridgehead atoms. The molecule has 2 rings (SSSR count). The summed E-state index contributed by atoms with van der Waals surface area (Å²) in [4.78, 5) is 8.16. The molecular weight excluding hydrogens is 280 g/mol. The van der Waals surface area contributed by atoms with E-state index in [4.69, 9.17) is 5.73 Å². The van der Waals surface area contributed by atoms with E-state index in [2.05, 4.69) is 31.2 Å². The van der Waals surface area contributed by atoms with Gasteiger partial charge in [0.1, 0.15) is 5.82 Å². The number of hydrogen-bond donors (Lipinski definition) is 2. The van der Waals surface area contributed by atoms with Gasteiger partial charge in [-0.05, 0) is 37.6 Å². The van der Waals surface area contributed by atoms with Gasteiger partial charge in [-0.1, -0.05) is 15.9 Å². The highest BCUT2D eigenvalue weighted by Crippen LogP contribution is 2.22. The molecule has 0 saturated heterocycles. The molecule has 0 fully saturated rings. The van der Waals surface area contributed by atoms with Crippen LogP contribution in [0, 0.1) is 13.8 Å². The van der Waals surface area contributed by atoms with Crippen LogP contribution in [-0.2, 0) is 0 Å². The highest BCUT2D eigenvalue weighted by molar-refractivity contribution is 9.10. The first-order valence-electron chi connectivity index (χ1n) is 5.18. The molecule has 17 heavy (non-hydrogen) atoms. The van der Waals surface area contributed by atoms with E-state index in [0.717, 1.165) is 15.9 Å². The van der Waals surface area contributed by atoms with Gasteiger partial charge in [0.2, 0.25) is 5.95 Å². The number of nitrogens with two attached hydrogens (primary N) is 1. The van der Waals surface area contributed by atoms with Crippen molar-refractivity contribution in [3.8, 4) is 0 Å². The monoisotopic (exact) mass is 292 g/mol. The van der Waals surface area contributed by atoms with Crippen LogP contribution >= 0.6 is 15.9 Å². The molecule has 1 aromatic heterocycles. The van der Waals surface area contributed by atoms with Crippen molar-refractivity contribution in [1.82, 2.24) is 9.97 Å². The number of hydrogen-bond acceptors (Lipinski definition) is 4. The van der Waals surface area contributed by atoms with Crippen LogP contribution in [0.3, 0.4) is 0 Å². The van der Waals surface area contributed by atoms with E-state index in [1.807, 2.05) is 38.1 Å². The molecule has 5 heteroatoms. The minimum Gasteiger partial charge on any atom is -0.368 e. The van der Waals surface area contributed by atoms with Crippen LogP contribution in [0.15, 0.2) is 28.7 Å². The van der Waals surface area contributed by atoms with E-state index < -0.39 is 0 Å². The number of nitrogens with one attached hydrogen (secondary N) is 1. The minimum absolute atomic E-state index is 0.277. The molecule has 88 valence electrons. The normalized spacial score (nSPS) is 10.3. The van der Waals surface area contributed by atoms with Gasteiger partial charge in [0.15, 0.2) is 0 Å². The Hall–Kier alpha value is -1.62.